The van der Waals surface area contributed by atoms with Crippen molar-refractivity contribution in [2.75, 3.05) is 13.2 Å². The SMILES string of the molecule is CCCCC/C=C\C/C=C\CCCCCCCCCC(=O)NC(COC1OC(CO)C(O)C(O)C1O)C(O)/C=C/CCCCCCCCCCCC. The van der Waals surface area contributed by atoms with Crippen molar-refractivity contribution in [3.63, 3.8) is 0 Å². The molecule has 0 aromatic heterocycles. The summed E-state index contributed by atoms with van der Waals surface area (Å²) in [6.07, 6.45) is 33.2. The minimum atomic E-state index is -1.57. The van der Waals surface area contributed by atoms with Crippen LogP contribution in [0.2, 0.25) is 0 Å². The molecule has 0 radical (unpaired) electrons. The molecule has 0 aliphatic carbocycles. The van der Waals surface area contributed by atoms with Crippen molar-refractivity contribution in [1.29, 1.82) is 0 Å². The lowest BCUT2D eigenvalue weighted by atomic mass is 9.99. The molecule has 1 heterocycles. The Bertz CT molecular complexity index is 910. The van der Waals surface area contributed by atoms with Crippen molar-refractivity contribution < 1.29 is 39.8 Å². The Hall–Kier alpha value is -1.59. The Balaban J connectivity index is 2.40. The Morgan fingerprint density at radius 3 is 1.69 bits per heavy atom. The van der Waals surface area contributed by atoms with E-state index in [1.54, 1.807) is 6.08 Å². The summed E-state index contributed by atoms with van der Waals surface area (Å²) in [5.74, 6) is -0.188. The zero-order chi connectivity index (χ0) is 38.1. The highest BCUT2D eigenvalue weighted by Gasteiger charge is 2.44. The van der Waals surface area contributed by atoms with E-state index in [9.17, 15) is 30.3 Å². The molecular weight excluding hydrogens is 658 g/mol. The van der Waals surface area contributed by atoms with Crippen LogP contribution in [0.5, 0.6) is 0 Å². The summed E-state index contributed by atoms with van der Waals surface area (Å²) >= 11 is 0. The monoisotopic (exact) mass is 738 g/mol. The number of aliphatic hydroxyl groups excluding tert-OH is 5. The number of rotatable bonds is 34. The fourth-order valence-corrected chi connectivity index (χ4v) is 6.48. The maximum atomic E-state index is 12.9. The van der Waals surface area contributed by atoms with Gasteiger partial charge in [-0.05, 0) is 51.4 Å². The van der Waals surface area contributed by atoms with E-state index < -0.39 is 49.5 Å². The van der Waals surface area contributed by atoms with Crippen LogP contribution in [0.4, 0.5) is 0 Å². The highest BCUT2D eigenvalue weighted by molar-refractivity contribution is 5.76. The summed E-state index contributed by atoms with van der Waals surface area (Å²) in [4.78, 5) is 12.9. The van der Waals surface area contributed by atoms with Crippen LogP contribution >= 0.6 is 0 Å². The van der Waals surface area contributed by atoms with Crippen LogP contribution in [0.3, 0.4) is 0 Å². The average molecular weight is 738 g/mol. The van der Waals surface area contributed by atoms with E-state index in [2.05, 4.69) is 43.5 Å². The predicted octanol–water partition coefficient (Wildman–Crippen LogP) is 8.11. The van der Waals surface area contributed by atoms with Crippen molar-refractivity contribution >= 4 is 5.91 Å². The van der Waals surface area contributed by atoms with E-state index in [1.165, 1.54) is 96.3 Å². The number of aliphatic hydroxyl groups is 5. The van der Waals surface area contributed by atoms with Gasteiger partial charge in [-0.1, -0.05) is 153 Å². The molecule has 7 unspecified atom stereocenters. The van der Waals surface area contributed by atoms with Crippen LogP contribution in [0.25, 0.3) is 0 Å². The molecule has 304 valence electrons. The summed E-state index contributed by atoms with van der Waals surface area (Å²) < 4.78 is 11.2. The number of carbonyl (C=O) groups excluding carboxylic acids is 1. The van der Waals surface area contributed by atoms with Gasteiger partial charge in [0.2, 0.25) is 5.91 Å². The lowest BCUT2D eigenvalue weighted by Gasteiger charge is -2.40. The summed E-state index contributed by atoms with van der Waals surface area (Å²) in [5, 5.41) is 54.0. The molecule has 9 heteroatoms. The van der Waals surface area contributed by atoms with Gasteiger partial charge in [0.25, 0.3) is 0 Å². The smallest absolute Gasteiger partial charge is 0.220 e. The minimum absolute atomic E-state index is 0.188. The highest BCUT2D eigenvalue weighted by atomic mass is 16.7. The Morgan fingerprint density at radius 1 is 0.654 bits per heavy atom. The number of allylic oxidation sites excluding steroid dienone is 5. The van der Waals surface area contributed by atoms with Gasteiger partial charge >= 0.3 is 0 Å². The molecule has 0 spiro atoms. The van der Waals surface area contributed by atoms with Gasteiger partial charge in [0.15, 0.2) is 6.29 Å². The van der Waals surface area contributed by atoms with Gasteiger partial charge < -0.3 is 40.3 Å². The van der Waals surface area contributed by atoms with Crippen LogP contribution < -0.4 is 5.32 Å². The van der Waals surface area contributed by atoms with Gasteiger partial charge in [0, 0.05) is 6.42 Å². The Morgan fingerprint density at radius 2 is 1.13 bits per heavy atom. The van der Waals surface area contributed by atoms with E-state index >= 15 is 0 Å². The number of unbranched alkanes of at least 4 members (excludes halogenated alkanes) is 20. The third-order valence-corrected chi connectivity index (χ3v) is 9.96. The van der Waals surface area contributed by atoms with Gasteiger partial charge in [-0.15, -0.1) is 0 Å². The van der Waals surface area contributed by atoms with Gasteiger partial charge in [-0.3, -0.25) is 4.79 Å². The van der Waals surface area contributed by atoms with Crippen LogP contribution in [0.15, 0.2) is 36.5 Å². The van der Waals surface area contributed by atoms with Crippen LogP contribution in [-0.4, -0.2) is 87.5 Å². The van der Waals surface area contributed by atoms with Gasteiger partial charge in [0.1, 0.15) is 24.4 Å². The molecule has 1 rings (SSSR count). The third kappa shape index (κ3) is 24.7. The maximum Gasteiger partial charge on any atom is 0.220 e. The van der Waals surface area contributed by atoms with Crippen LogP contribution in [0.1, 0.15) is 174 Å². The number of carbonyl (C=O) groups is 1. The van der Waals surface area contributed by atoms with Crippen molar-refractivity contribution in [3.05, 3.63) is 36.5 Å². The molecule has 0 bridgehead atoms. The summed E-state index contributed by atoms with van der Waals surface area (Å²) in [7, 11) is 0. The molecule has 7 atom stereocenters. The molecule has 52 heavy (non-hydrogen) atoms. The lowest BCUT2D eigenvalue weighted by molar-refractivity contribution is -0.302. The van der Waals surface area contributed by atoms with Gasteiger partial charge in [0.05, 0.1) is 25.4 Å². The molecule has 1 aliphatic rings. The summed E-state index contributed by atoms with van der Waals surface area (Å²) in [6, 6.07) is -0.806. The normalized spacial score (nSPS) is 22.2. The molecule has 9 nitrogen and oxygen atoms in total. The molecule has 6 N–H and O–H groups in total. The summed E-state index contributed by atoms with van der Waals surface area (Å²) in [6.45, 7) is 3.71. The Kier molecular flexibility index (Phi) is 31.6. The van der Waals surface area contributed by atoms with E-state index in [1.807, 2.05) is 6.08 Å². The van der Waals surface area contributed by atoms with Crippen LogP contribution in [-0.2, 0) is 14.3 Å². The Labute approximate surface area is 317 Å². The summed E-state index contributed by atoms with van der Waals surface area (Å²) in [5.41, 5.74) is 0. The number of hydrogen-bond donors (Lipinski definition) is 6. The first-order chi connectivity index (χ1) is 25.3. The zero-order valence-electron chi connectivity index (χ0n) is 33.1. The standard InChI is InChI=1S/C43H79NO8/c1-3-5-7-9-11-13-15-17-18-19-20-21-23-25-27-29-31-33-39(47)44-36(35-51-43-42(50)41(49)40(48)38(34-45)52-43)37(46)32-30-28-26-24-22-16-14-12-10-8-6-4-2/h11,13,17-18,30,32,36-38,40-43,45-46,48-50H,3-10,12,14-16,19-29,31,33-35H2,1-2H3,(H,44,47)/b13-11-,18-17-,32-30+. The zero-order valence-corrected chi connectivity index (χ0v) is 33.1. The maximum absolute atomic E-state index is 12.9. The fourth-order valence-electron chi connectivity index (χ4n) is 6.48. The first-order valence-electron chi connectivity index (χ1n) is 21.2. The van der Waals surface area contributed by atoms with Gasteiger partial charge in [-0.25, -0.2) is 0 Å². The molecule has 1 saturated heterocycles. The first kappa shape index (κ1) is 48.4. The quantitative estimate of drug-likeness (QED) is 0.0287. The van der Waals surface area contributed by atoms with Gasteiger partial charge in [-0.2, -0.15) is 0 Å². The topological polar surface area (TPSA) is 149 Å². The van der Waals surface area contributed by atoms with E-state index in [4.69, 9.17) is 9.47 Å². The molecule has 0 aromatic rings. The van der Waals surface area contributed by atoms with E-state index in [0.29, 0.717) is 6.42 Å². The van der Waals surface area contributed by atoms with E-state index in [0.717, 1.165) is 57.8 Å². The molecule has 1 aliphatic heterocycles. The van der Waals surface area contributed by atoms with Crippen molar-refractivity contribution in [2.24, 2.45) is 0 Å². The average Bonchev–Trinajstić information content (AvgIpc) is 3.14. The van der Waals surface area contributed by atoms with Crippen molar-refractivity contribution in [3.8, 4) is 0 Å². The fraction of sp³-hybridized carbons (Fsp3) is 0.837. The predicted molar refractivity (Wildman–Crippen MR) is 212 cm³/mol. The molecule has 1 fully saturated rings. The molecular formula is C43H79NO8. The van der Waals surface area contributed by atoms with Crippen molar-refractivity contribution in [2.45, 2.75) is 217 Å². The second kappa shape index (κ2) is 33.9. The van der Waals surface area contributed by atoms with E-state index in [-0.39, 0.29) is 12.5 Å². The second-order valence-electron chi connectivity index (χ2n) is 14.8. The number of ether oxygens (including phenoxy) is 2. The third-order valence-electron chi connectivity index (χ3n) is 9.96. The number of nitrogens with one attached hydrogen (secondary N) is 1. The molecule has 0 aromatic carbocycles. The molecule has 1 amide bonds. The number of hydrogen-bond acceptors (Lipinski definition) is 8. The first-order valence-corrected chi connectivity index (χ1v) is 21.2. The molecule has 0 saturated carbocycles. The largest absolute Gasteiger partial charge is 0.394 e. The van der Waals surface area contributed by atoms with Crippen molar-refractivity contribution in [1.82, 2.24) is 5.32 Å². The highest BCUT2D eigenvalue weighted by Crippen LogP contribution is 2.22. The number of amides is 1. The lowest BCUT2D eigenvalue weighted by Crippen LogP contribution is -2.60. The van der Waals surface area contributed by atoms with Crippen LogP contribution in [0, 0.1) is 0 Å². The second-order valence-corrected chi connectivity index (χ2v) is 14.8. The minimum Gasteiger partial charge on any atom is -0.394 e.